The molecule has 2 aromatic rings. The second kappa shape index (κ2) is 7.02. The molecule has 0 aromatic carbocycles. The van der Waals surface area contributed by atoms with Crippen LogP contribution in [0.25, 0.3) is 6.08 Å². The Morgan fingerprint density at radius 1 is 1.27 bits per heavy atom. The SMILES string of the molecule is Cn1c(C2CCCN2C(=O)/C=C/c2cncc(F)c2)nc2c1CCCC2. The number of hydrogen-bond donors (Lipinski definition) is 0. The summed E-state index contributed by atoms with van der Waals surface area (Å²) in [5.74, 6) is 0.540. The van der Waals surface area contributed by atoms with Crippen molar-refractivity contribution in [3.63, 3.8) is 0 Å². The van der Waals surface area contributed by atoms with E-state index in [1.165, 1.54) is 36.4 Å². The molecule has 0 saturated carbocycles. The Labute approximate surface area is 152 Å². The number of carbonyl (C=O) groups excluding carboxylic acids is 1. The highest BCUT2D eigenvalue weighted by Crippen LogP contribution is 2.34. The van der Waals surface area contributed by atoms with Gasteiger partial charge < -0.3 is 9.47 Å². The molecule has 1 unspecified atom stereocenters. The van der Waals surface area contributed by atoms with Crippen molar-refractivity contribution in [2.75, 3.05) is 6.54 Å². The van der Waals surface area contributed by atoms with Gasteiger partial charge in [0.2, 0.25) is 5.91 Å². The van der Waals surface area contributed by atoms with Gasteiger partial charge in [-0.05, 0) is 56.2 Å². The summed E-state index contributed by atoms with van der Waals surface area (Å²) in [6.45, 7) is 0.729. The monoisotopic (exact) mass is 354 g/mol. The molecule has 2 aromatic heterocycles. The van der Waals surface area contributed by atoms with E-state index < -0.39 is 5.82 Å². The minimum atomic E-state index is -0.405. The molecule has 3 heterocycles. The number of rotatable bonds is 3. The lowest BCUT2D eigenvalue weighted by atomic mass is 10.0. The maximum Gasteiger partial charge on any atom is 0.247 e. The molecule has 0 bridgehead atoms. The standard InChI is InChI=1S/C20H23FN4O/c1-24-17-6-3-2-5-16(17)23-20(24)18-7-4-10-25(18)19(26)9-8-14-11-15(21)13-22-12-14/h8-9,11-13,18H,2-7,10H2,1H3/b9-8+. The zero-order chi connectivity index (χ0) is 18.1. The van der Waals surface area contributed by atoms with Crippen LogP contribution in [0.3, 0.4) is 0 Å². The van der Waals surface area contributed by atoms with Gasteiger partial charge in [-0.3, -0.25) is 9.78 Å². The van der Waals surface area contributed by atoms with Crippen molar-refractivity contribution < 1.29 is 9.18 Å². The van der Waals surface area contributed by atoms with Crippen LogP contribution in [0, 0.1) is 5.82 Å². The maximum absolute atomic E-state index is 13.2. The van der Waals surface area contributed by atoms with E-state index in [0.29, 0.717) is 5.56 Å². The lowest BCUT2D eigenvalue weighted by Crippen LogP contribution is -2.30. The van der Waals surface area contributed by atoms with Gasteiger partial charge in [-0.1, -0.05) is 0 Å². The summed E-state index contributed by atoms with van der Waals surface area (Å²) in [6.07, 6.45) is 12.3. The molecule has 5 nitrogen and oxygen atoms in total. The molecule has 2 aliphatic rings. The second-order valence-electron chi connectivity index (χ2n) is 7.09. The van der Waals surface area contributed by atoms with E-state index >= 15 is 0 Å². The van der Waals surface area contributed by atoms with E-state index in [0.717, 1.165) is 44.2 Å². The molecule has 1 aliphatic heterocycles. The normalized spacial score (nSPS) is 19.9. The highest BCUT2D eigenvalue weighted by atomic mass is 19.1. The molecular formula is C20H23FN4O. The van der Waals surface area contributed by atoms with Crippen molar-refractivity contribution >= 4 is 12.0 Å². The lowest BCUT2D eigenvalue weighted by Gasteiger charge is -2.23. The quantitative estimate of drug-likeness (QED) is 0.796. The zero-order valence-electron chi connectivity index (χ0n) is 15.0. The van der Waals surface area contributed by atoms with Crippen molar-refractivity contribution in [2.24, 2.45) is 7.05 Å². The van der Waals surface area contributed by atoms with Crippen LogP contribution in [0.15, 0.2) is 24.5 Å². The molecule has 6 heteroatoms. The number of imidazole rings is 1. The number of likely N-dealkylation sites (tertiary alicyclic amines) is 1. The fourth-order valence-electron chi connectivity index (χ4n) is 4.09. The zero-order valence-corrected chi connectivity index (χ0v) is 15.0. The van der Waals surface area contributed by atoms with Gasteiger partial charge in [0.05, 0.1) is 17.9 Å². The average Bonchev–Trinajstić information content (AvgIpc) is 3.25. The van der Waals surface area contributed by atoms with Gasteiger partial charge in [0.1, 0.15) is 11.6 Å². The number of carbonyl (C=O) groups is 1. The first-order valence-corrected chi connectivity index (χ1v) is 9.27. The molecular weight excluding hydrogens is 331 g/mol. The predicted molar refractivity (Wildman–Crippen MR) is 96.8 cm³/mol. The van der Waals surface area contributed by atoms with Crippen molar-refractivity contribution in [1.29, 1.82) is 0 Å². The van der Waals surface area contributed by atoms with Crippen LogP contribution < -0.4 is 0 Å². The highest BCUT2D eigenvalue weighted by Gasteiger charge is 2.33. The van der Waals surface area contributed by atoms with E-state index in [-0.39, 0.29) is 11.9 Å². The molecule has 4 rings (SSSR count). The maximum atomic E-state index is 13.2. The van der Waals surface area contributed by atoms with E-state index in [1.54, 1.807) is 12.3 Å². The molecule has 1 fully saturated rings. The largest absolute Gasteiger partial charge is 0.333 e. The molecule has 136 valence electrons. The molecule has 26 heavy (non-hydrogen) atoms. The van der Waals surface area contributed by atoms with Crippen LogP contribution in [0.4, 0.5) is 4.39 Å². The summed E-state index contributed by atoms with van der Waals surface area (Å²) < 4.78 is 15.4. The van der Waals surface area contributed by atoms with Gasteiger partial charge in [0.25, 0.3) is 0 Å². The van der Waals surface area contributed by atoms with Crippen LogP contribution in [-0.4, -0.2) is 31.9 Å². The Morgan fingerprint density at radius 2 is 2.12 bits per heavy atom. The first kappa shape index (κ1) is 16.9. The molecule has 0 radical (unpaired) electrons. The molecule has 1 saturated heterocycles. The fraction of sp³-hybridized carbons (Fsp3) is 0.450. The first-order valence-electron chi connectivity index (χ1n) is 9.27. The fourth-order valence-corrected chi connectivity index (χ4v) is 4.09. The van der Waals surface area contributed by atoms with Gasteiger partial charge in [-0.2, -0.15) is 0 Å². The minimum absolute atomic E-state index is 0.0217. The van der Waals surface area contributed by atoms with Gasteiger partial charge in [-0.15, -0.1) is 0 Å². The number of pyridine rings is 1. The van der Waals surface area contributed by atoms with Crippen LogP contribution in [0.2, 0.25) is 0 Å². The summed E-state index contributed by atoms with van der Waals surface area (Å²) in [7, 11) is 2.07. The summed E-state index contributed by atoms with van der Waals surface area (Å²) in [5, 5.41) is 0. The summed E-state index contributed by atoms with van der Waals surface area (Å²) in [6, 6.07) is 1.39. The van der Waals surface area contributed by atoms with Crippen molar-refractivity contribution in [2.45, 2.75) is 44.6 Å². The van der Waals surface area contributed by atoms with Gasteiger partial charge in [0, 0.05) is 31.6 Å². The number of nitrogens with zero attached hydrogens (tertiary/aromatic N) is 4. The van der Waals surface area contributed by atoms with Gasteiger partial charge in [0.15, 0.2) is 0 Å². The van der Waals surface area contributed by atoms with Crippen molar-refractivity contribution in [3.05, 3.63) is 53.1 Å². The number of aromatic nitrogens is 3. The van der Waals surface area contributed by atoms with E-state index in [2.05, 4.69) is 16.6 Å². The van der Waals surface area contributed by atoms with E-state index in [9.17, 15) is 9.18 Å². The number of fused-ring (bicyclic) bond motifs is 1. The second-order valence-corrected chi connectivity index (χ2v) is 7.09. The number of aryl methyl sites for hydroxylation is 1. The Kier molecular flexibility index (Phi) is 4.57. The molecule has 0 spiro atoms. The minimum Gasteiger partial charge on any atom is -0.333 e. The van der Waals surface area contributed by atoms with E-state index in [4.69, 9.17) is 4.98 Å². The topological polar surface area (TPSA) is 51.0 Å². The van der Waals surface area contributed by atoms with Crippen molar-refractivity contribution in [1.82, 2.24) is 19.4 Å². The Morgan fingerprint density at radius 3 is 2.92 bits per heavy atom. The average molecular weight is 354 g/mol. The van der Waals surface area contributed by atoms with Crippen molar-refractivity contribution in [3.8, 4) is 0 Å². The summed E-state index contributed by atoms with van der Waals surface area (Å²) >= 11 is 0. The molecule has 1 aliphatic carbocycles. The first-order chi connectivity index (χ1) is 12.6. The number of hydrogen-bond acceptors (Lipinski definition) is 3. The van der Waals surface area contributed by atoms with E-state index in [1.807, 2.05) is 4.90 Å². The lowest BCUT2D eigenvalue weighted by molar-refractivity contribution is -0.127. The third-order valence-electron chi connectivity index (χ3n) is 5.39. The van der Waals surface area contributed by atoms with Crippen LogP contribution in [0.5, 0.6) is 0 Å². The predicted octanol–water partition coefficient (Wildman–Crippen LogP) is 3.21. The van der Waals surface area contributed by atoms with Gasteiger partial charge in [-0.25, -0.2) is 9.37 Å². The number of halogens is 1. The number of amides is 1. The Hall–Kier alpha value is -2.50. The Balaban J connectivity index is 1.55. The molecule has 0 N–H and O–H groups in total. The smallest absolute Gasteiger partial charge is 0.247 e. The summed E-state index contributed by atoms with van der Waals surface area (Å²) in [4.78, 5) is 23.3. The van der Waals surface area contributed by atoms with Crippen LogP contribution in [-0.2, 0) is 24.7 Å². The molecule has 1 atom stereocenters. The van der Waals surface area contributed by atoms with Crippen LogP contribution >= 0.6 is 0 Å². The highest BCUT2D eigenvalue weighted by molar-refractivity contribution is 5.92. The third kappa shape index (κ3) is 3.16. The summed E-state index contributed by atoms with van der Waals surface area (Å²) in [5.41, 5.74) is 3.11. The third-order valence-corrected chi connectivity index (χ3v) is 5.39. The Bertz CT molecular complexity index is 857. The van der Waals surface area contributed by atoms with Crippen LogP contribution in [0.1, 0.15) is 54.5 Å². The van der Waals surface area contributed by atoms with Gasteiger partial charge >= 0.3 is 0 Å². The molecule has 1 amide bonds.